The number of para-hydroxylation sites is 1. The Bertz CT molecular complexity index is 1040. The van der Waals surface area contributed by atoms with Gasteiger partial charge in [-0.3, -0.25) is 4.79 Å². The third kappa shape index (κ3) is 6.30. The third-order valence-corrected chi connectivity index (χ3v) is 4.35. The maximum Gasteiger partial charge on any atom is 0.268 e. The van der Waals surface area contributed by atoms with Gasteiger partial charge in [-0.15, -0.1) is 0 Å². The average Bonchev–Trinajstić information content (AvgIpc) is 2.80. The number of carbonyl (C=O) groups excluding carboxylic acids is 1. The van der Waals surface area contributed by atoms with E-state index in [0.29, 0.717) is 23.7 Å². The number of hydrogen-bond acceptors (Lipinski definition) is 5. The van der Waals surface area contributed by atoms with E-state index >= 15 is 0 Å². The SMILES string of the molecule is COc1cc(/C=N\O[C@@H](C)C(=O)Nc2ccccc2F)ccc1OCc1ccccc1. The minimum atomic E-state index is -0.911. The standard InChI is InChI=1S/C24H23FN2O4/c1-17(24(28)27-21-11-7-6-10-20(21)25)31-26-15-19-12-13-22(23(14-19)29-2)30-16-18-8-4-3-5-9-18/h3-15,17H,16H2,1-2H3,(H,27,28)/b26-15-/t17-/m0/s1. The van der Waals surface area contributed by atoms with Gasteiger partial charge in [0, 0.05) is 5.56 Å². The Hall–Kier alpha value is -3.87. The summed E-state index contributed by atoms with van der Waals surface area (Å²) in [6.07, 6.45) is 0.544. The molecule has 0 fully saturated rings. The van der Waals surface area contributed by atoms with E-state index in [4.69, 9.17) is 14.3 Å². The predicted molar refractivity (Wildman–Crippen MR) is 117 cm³/mol. The van der Waals surface area contributed by atoms with Gasteiger partial charge in [0.25, 0.3) is 5.91 Å². The molecule has 0 aromatic heterocycles. The molecule has 3 rings (SSSR count). The number of halogens is 1. The van der Waals surface area contributed by atoms with Gasteiger partial charge >= 0.3 is 0 Å². The molecule has 1 amide bonds. The molecule has 1 atom stereocenters. The zero-order valence-corrected chi connectivity index (χ0v) is 17.2. The summed E-state index contributed by atoms with van der Waals surface area (Å²) in [5, 5.41) is 6.31. The maximum atomic E-state index is 13.6. The van der Waals surface area contributed by atoms with Crippen LogP contribution in [0.2, 0.25) is 0 Å². The molecular weight excluding hydrogens is 399 g/mol. The van der Waals surface area contributed by atoms with Gasteiger partial charge in [-0.25, -0.2) is 4.39 Å². The van der Waals surface area contributed by atoms with E-state index < -0.39 is 17.8 Å². The molecule has 7 heteroatoms. The molecule has 0 aliphatic heterocycles. The van der Waals surface area contributed by atoms with Crippen molar-refractivity contribution in [2.24, 2.45) is 5.16 Å². The highest BCUT2D eigenvalue weighted by atomic mass is 19.1. The van der Waals surface area contributed by atoms with Gasteiger partial charge in [-0.05, 0) is 42.8 Å². The Kier molecular flexibility index (Phi) is 7.59. The Morgan fingerprint density at radius 3 is 2.55 bits per heavy atom. The topological polar surface area (TPSA) is 69.2 Å². The largest absolute Gasteiger partial charge is 0.493 e. The molecule has 31 heavy (non-hydrogen) atoms. The first-order valence-corrected chi connectivity index (χ1v) is 9.66. The zero-order chi connectivity index (χ0) is 22.1. The second-order valence-corrected chi connectivity index (χ2v) is 6.64. The molecule has 6 nitrogen and oxygen atoms in total. The van der Waals surface area contributed by atoms with Gasteiger partial charge in [-0.1, -0.05) is 47.6 Å². The van der Waals surface area contributed by atoms with Crippen molar-refractivity contribution in [1.82, 2.24) is 0 Å². The lowest BCUT2D eigenvalue weighted by molar-refractivity contribution is -0.126. The molecule has 0 spiro atoms. The lowest BCUT2D eigenvalue weighted by atomic mass is 10.2. The van der Waals surface area contributed by atoms with Gasteiger partial charge in [-0.2, -0.15) is 0 Å². The van der Waals surface area contributed by atoms with Crippen LogP contribution < -0.4 is 14.8 Å². The number of nitrogens with one attached hydrogen (secondary N) is 1. The van der Waals surface area contributed by atoms with Crippen LogP contribution in [0.1, 0.15) is 18.1 Å². The summed E-state index contributed by atoms with van der Waals surface area (Å²) in [6.45, 7) is 1.94. The van der Waals surface area contributed by atoms with Gasteiger partial charge in [0.05, 0.1) is 19.0 Å². The van der Waals surface area contributed by atoms with Crippen LogP contribution in [0, 0.1) is 5.82 Å². The summed E-state index contributed by atoms with van der Waals surface area (Å²) in [5.41, 5.74) is 1.83. The van der Waals surface area contributed by atoms with Crippen molar-refractivity contribution in [2.45, 2.75) is 19.6 Å². The van der Waals surface area contributed by atoms with Crippen LogP contribution in [-0.2, 0) is 16.2 Å². The molecule has 0 saturated heterocycles. The molecule has 0 bridgehead atoms. The molecule has 0 saturated carbocycles. The van der Waals surface area contributed by atoms with E-state index in [-0.39, 0.29) is 5.69 Å². The highest BCUT2D eigenvalue weighted by molar-refractivity contribution is 5.94. The monoisotopic (exact) mass is 422 g/mol. The van der Waals surface area contributed by atoms with Crippen molar-refractivity contribution in [3.8, 4) is 11.5 Å². The maximum absolute atomic E-state index is 13.6. The number of amides is 1. The van der Waals surface area contributed by atoms with Crippen molar-refractivity contribution in [1.29, 1.82) is 0 Å². The molecule has 0 radical (unpaired) electrons. The lowest BCUT2D eigenvalue weighted by Gasteiger charge is -2.12. The van der Waals surface area contributed by atoms with E-state index in [2.05, 4.69) is 10.5 Å². The highest BCUT2D eigenvalue weighted by Gasteiger charge is 2.15. The second-order valence-electron chi connectivity index (χ2n) is 6.64. The number of ether oxygens (including phenoxy) is 2. The molecule has 0 aliphatic carbocycles. The first-order chi connectivity index (χ1) is 15.1. The summed E-state index contributed by atoms with van der Waals surface area (Å²) in [4.78, 5) is 17.3. The number of methoxy groups -OCH3 is 1. The summed E-state index contributed by atoms with van der Waals surface area (Å²) in [5.74, 6) is 0.116. The zero-order valence-electron chi connectivity index (χ0n) is 17.2. The minimum absolute atomic E-state index is 0.0859. The van der Waals surface area contributed by atoms with Crippen LogP contribution in [0.4, 0.5) is 10.1 Å². The lowest BCUT2D eigenvalue weighted by Crippen LogP contribution is -2.26. The minimum Gasteiger partial charge on any atom is -0.493 e. The van der Waals surface area contributed by atoms with E-state index in [1.807, 2.05) is 30.3 Å². The van der Waals surface area contributed by atoms with Crippen LogP contribution in [0.25, 0.3) is 0 Å². The van der Waals surface area contributed by atoms with Gasteiger partial charge in [0.15, 0.2) is 11.5 Å². The van der Waals surface area contributed by atoms with Gasteiger partial charge < -0.3 is 19.6 Å². The number of nitrogens with zero attached hydrogens (tertiary/aromatic N) is 1. The molecule has 0 heterocycles. The van der Waals surface area contributed by atoms with Crippen LogP contribution in [0.15, 0.2) is 78.0 Å². The van der Waals surface area contributed by atoms with Crippen molar-refractivity contribution in [3.05, 3.63) is 89.7 Å². The molecule has 0 unspecified atom stereocenters. The highest BCUT2D eigenvalue weighted by Crippen LogP contribution is 2.28. The number of benzene rings is 3. The summed E-state index contributed by atoms with van der Waals surface area (Å²) < 4.78 is 24.9. The van der Waals surface area contributed by atoms with Gasteiger partial charge in [0.2, 0.25) is 6.10 Å². The van der Waals surface area contributed by atoms with Crippen molar-refractivity contribution >= 4 is 17.8 Å². The quantitative estimate of drug-likeness (QED) is 0.398. The molecular formula is C24H23FN2O4. The smallest absolute Gasteiger partial charge is 0.268 e. The third-order valence-electron chi connectivity index (χ3n) is 4.35. The summed E-state index contributed by atoms with van der Waals surface area (Å²) >= 11 is 0. The summed E-state index contributed by atoms with van der Waals surface area (Å²) in [7, 11) is 1.55. The van der Waals surface area contributed by atoms with Crippen molar-refractivity contribution < 1.29 is 23.5 Å². The first-order valence-electron chi connectivity index (χ1n) is 9.66. The van der Waals surface area contributed by atoms with Crippen LogP contribution >= 0.6 is 0 Å². The van der Waals surface area contributed by atoms with E-state index in [1.54, 1.807) is 37.4 Å². The van der Waals surface area contributed by atoms with Crippen LogP contribution in [-0.4, -0.2) is 25.3 Å². The van der Waals surface area contributed by atoms with Crippen LogP contribution in [0.3, 0.4) is 0 Å². The van der Waals surface area contributed by atoms with E-state index in [0.717, 1.165) is 5.56 Å². The Labute approximate surface area is 180 Å². The Balaban J connectivity index is 1.56. The van der Waals surface area contributed by atoms with Crippen molar-refractivity contribution in [2.75, 3.05) is 12.4 Å². The first kappa shape index (κ1) is 21.8. The van der Waals surface area contributed by atoms with Crippen molar-refractivity contribution in [3.63, 3.8) is 0 Å². The predicted octanol–water partition coefficient (Wildman–Crippen LogP) is 4.79. The average molecular weight is 422 g/mol. The van der Waals surface area contributed by atoms with Gasteiger partial charge in [0.1, 0.15) is 12.4 Å². The van der Waals surface area contributed by atoms with E-state index in [1.165, 1.54) is 25.3 Å². The molecule has 3 aromatic rings. The molecule has 160 valence electrons. The number of oxime groups is 1. The number of rotatable bonds is 9. The fourth-order valence-electron chi connectivity index (χ4n) is 2.65. The number of anilines is 1. The Morgan fingerprint density at radius 2 is 1.81 bits per heavy atom. The summed E-state index contributed by atoms with van der Waals surface area (Å²) in [6, 6.07) is 21.0. The number of hydrogen-bond donors (Lipinski definition) is 1. The normalized spacial score (nSPS) is 11.7. The fourth-order valence-corrected chi connectivity index (χ4v) is 2.65. The molecule has 3 aromatic carbocycles. The van der Waals surface area contributed by atoms with E-state index in [9.17, 15) is 9.18 Å². The second kappa shape index (κ2) is 10.8. The van der Waals surface area contributed by atoms with Crippen LogP contribution in [0.5, 0.6) is 11.5 Å². The number of carbonyl (C=O) groups is 1. The fraction of sp³-hybridized carbons (Fsp3) is 0.167. The molecule has 0 aliphatic rings. The Morgan fingerprint density at radius 1 is 1.06 bits per heavy atom. The molecule has 1 N–H and O–H groups in total.